The lowest BCUT2D eigenvalue weighted by atomic mass is 10.1. The molecule has 0 fully saturated rings. The minimum absolute atomic E-state index is 0.337. The molecule has 0 saturated heterocycles. The average Bonchev–Trinajstić information content (AvgIpc) is 2.88. The quantitative estimate of drug-likeness (QED) is 0.885. The maximum absolute atomic E-state index is 5.12. The molecule has 0 amide bonds. The fourth-order valence-electron chi connectivity index (χ4n) is 2.02. The van der Waals surface area contributed by atoms with E-state index in [0.29, 0.717) is 6.04 Å². The van der Waals surface area contributed by atoms with Gasteiger partial charge in [0.1, 0.15) is 0 Å². The number of hydrogen-bond donors (Lipinski definition) is 1. The standard InChI is InChI=1S/C13H18N2OS/c1-4-14-12(7-11-5-6-16-8-11)13-9(2)15-10(3)17-13/h5-6,8,12,14H,4,7H2,1-3H3. The molecule has 1 unspecified atom stereocenters. The van der Waals surface area contributed by atoms with Crippen LogP contribution in [0.1, 0.15) is 34.1 Å². The summed E-state index contributed by atoms with van der Waals surface area (Å²) in [5.41, 5.74) is 2.36. The smallest absolute Gasteiger partial charge is 0.0935 e. The summed E-state index contributed by atoms with van der Waals surface area (Å²) in [6.45, 7) is 7.23. The van der Waals surface area contributed by atoms with Gasteiger partial charge in [0.05, 0.1) is 23.2 Å². The van der Waals surface area contributed by atoms with E-state index in [1.54, 1.807) is 17.6 Å². The van der Waals surface area contributed by atoms with Crippen LogP contribution in [0.2, 0.25) is 0 Å². The molecule has 92 valence electrons. The van der Waals surface area contributed by atoms with E-state index >= 15 is 0 Å². The number of nitrogens with zero attached hydrogens (tertiary/aromatic N) is 1. The summed E-state index contributed by atoms with van der Waals surface area (Å²) in [5, 5.41) is 4.65. The minimum atomic E-state index is 0.337. The molecule has 2 heterocycles. The second-order valence-corrected chi connectivity index (χ2v) is 5.36. The number of furan rings is 1. The van der Waals surface area contributed by atoms with Crippen molar-refractivity contribution in [3.05, 3.63) is 39.7 Å². The van der Waals surface area contributed by atoms with Gasteiger partial charge in [-0.25, -0.2) is 4.98 Å². The fourth-order valence-corrected chi connectivity index (χ4v) is 3.02. The first-order valence-electron chi connectivity index (χ1n) is 5.89. The maximum atomic E-state index is 5.12. The van der Waals surface area contributed by atoms with Crippen LogP contribution in [0.3, 0.4) is 0 Å². The second-order valence-electron chi connectivity index (χ2n) is 4.13. The highest BCUT2D eigenvalue weighted by Crippen LogP contribution is 2.27. The average molecular weight is 250 g/mol. The van der Waals surface area contributed by atoms with Crippen molar-refractivity contribution in [1.82, 2.24) is 10.3 Å². The molecular formula is C13H18N2OS. The zero-order valence-corrected chi connectivity index (χ0v) is 11.3. The molecule has 0 aliphatic carbocycles. The van der Waals surface area contributed by atoms with Gasteiger partial charge >= 0.3 is 0 Å². The first kappa shape index (κ1) is 12.3. The van der Waals surface area contributed by atoms with Gasteiger partial charge in [0.15, 0.2) is 0 Å². The number of rotatable bonds is 5. The van der Waals surface area contributed by atoms with E-state index in [1.165, 1.54) is 10.4 Å². The summed E-state index contributed by atoms with van der Waals surface area (Å²) in [6, 6.07) is 2.36. The van der Waals surface area contributed by atoms with E-state index in [2.05, 4.69) is 31.1 Å². The van der Waals surface area contributed by atoms with Crippen LogP contribution in [0.4, 0.5) is 0 Å². The molecule has 2 aromatic heterocycles. The maximum Gasteiger partial charge on any atom is 0.0935 e. The summed E-state index contributed by atoms with van der Waals surface area (Å²) < 4.78 is 5.12. The Balaban J connectivity index is 2.19. The summed E-state index contributed by atoms with van der Waals surface area (Å²) >= 11 is 1.78. The van der Waals surface area contributed by atoms with Crippen LogP contribution in [-0.2, 0) is 6.42 Å². The number of thiazole rings is 1. The van der Waals surface area contributed by atoms with Gasteiger partial charge in [0, 0.05) is 10.9 Å². The molecule has 0 radical (unpaired) electrons. The molecule has 17 heavy (non-hydrogen) atoms. The van der Waals surface area contributed by atoms with Crippen molar-refractivity contribution in [1.29, 1.82) is 0 Å². The first-order valence-corrected chi connectivity index (χ1v) is 6.70. The van der Waals surface area contributed by atoms with Crippen LogP contribution in [0.15, 0.2) is 23.0 Å². The predicted molar refractivity (Wildman–Crippen MR) is 70.4 cm³/mol. The van der Waals surface area contributed by atoms with E-state index in [0.717, 1.165) is 23.7 Å². The van der Waals surface area contributed by atoms with Gasteiger partial charge in [-0.2, -0.15) is 0 Å². The van der Waals surface area contributed by atoms with Crippen LogP contribution in [0.25, 0.3) is 0 Å². The van der Waals surface area contributed by atoms with Crippen molar-refractivity contribution in [2.45, 2.75) is 33.2 Å². The Kier molecular flexibility index (Phi) is 3.97. The van der Waals surface area contributed by atoms with Gasteiger partial charge in [0.2, 0.25) is 0 Å². The van der Waals surface area contributed by atoms with Crippen LogP contribution in [0, 0.1) is 13.8 Å². The molecule has 2 rings (SSSR count). The van der Waals surface area contributed by atoms with Gasteiger partial charge in [-0.1, -0.05) is 6.92 Å². The number of hydrogen-bond acceptors (Lipinski definition) is 4. The van der Waals surface area contributed by atoms with Gasteiger partial charge < -0.3 is 9.73 Å². The van der Waals surface area contributed by atoms with E-state index < -0.39 is 0 Å². The molecule has 0 aliphatic rings. The van der Waals surface area contributed by atoms with E-state index in [9.17, 15) is 0 Å². The van der Waals surface area contributed by atoms with Crippen molar-refractivity contribution in [3.63, 3.8) is 0 Å². The molecule has 3 nitrogen and oxygen atoms in total. The van der Waals surface area contributed by atoms with Crippen molar-refractivity contribution in [2.75, 3.05) is 6.54 Å². The van der Waals surface area contributed by atoms with Crippen LogP contribution in [0.5, 0.6) is 0 Å². The summed E-state index contributed by atoms with van der Waals surface area (Å²) in [6.07, 6.45) is 4.49. The first-order chi connectivity index (χ1) is 8.20. The Morgan fingerprint density at radius 3 is 2.82 bits per heavy atom. The summed E-state index contributed by atoms with van der Waals surface area (Å²) in [7, 11) is 0. The van der Waals surface area contributed by atoms with Gasteiger partial charge in [0.25, 0.3) is 0 Å². The number of aryl methyl sites for hydroxylation is 2. The van der Waals surface area contributed by atoms with Crippen LogP contribution >= 0.6 is 11.3 Å². The molecule has 4 heteroatoms. The topological polar surface area (TPSA) is 38.1 Å². The zero-order valence-electron chi connectivity index (χ0n) is 10.5. The lowest BCUT2D eigenvalue weighted by Crippen LogP contribution is -2.22. The van der Waals surface area contributed by atoms with Gasteiger partial charge in [-0.3, -0.25) is 0 Å². The summed E-state index contributed by atoms with van der Waals surface area (Å²) in [4.78, 5) is 5.84. The molecule has 2 aromatic rings. The highest BCUT2D eigenvalue weighted by molar-refractivity contribution is 7.11. The van der Waals surface area contributed by atoms with Crippen molar-refractivity contribution in [3.8, 4) is 0 Å². The van der Waals surface area contributed by atoms with Crippen molar-refractivity contribution in [2.24, 2.45) is 0 Å². The monoisotopic (exact) mass is 250 g/mol. The molecule has 0 bridgehead atoms. The molecular weight excluding hydrogens is 232 g/mol. The number of likely N-dealkylation sites (N-methyl/N-ethyl adjacent to an activating group) is 1. The summed E-state index contributed by atoms with van der Waals surface area (Å²) in [5.74, 6) is 0. The second kappa shape index (κ2) is 5.47. The fraction of sp³-hybridized carbons (Fsp3) is 0.462. The van der Waals surface area contributed by atoms with E-state index in [4.69, 9.17) is 4.42 Å². The Bertz CT molecular complexity index is 462. The third-order valence-electron chi connectivity index (χ3n) is 2.73. The van der Waals surface area contributed by atoms with Gasteiger partial charge in [-0.15, -0.1) is 11.3 Å². The van der Waals surface area contributed by atoms with Gasteiger partial charge in [-0.05, 0) is 38.4 Å². The molecule has 0 spiro atoms. The van der Waals surface area contributed by atoms with Crippen molar-refractivity contribution < 1.29 is 4.42 Å². The molecule has 1 atom stereocenters. The van der Waals surface area contributed by atoms with E-state index in [-0.39, 0.29) is 0 Å². The Hall–Kier alpha value is -1.13. The van der Waals surface area contributed by atoms with Crippen LogP contribution in [-0.4, -0.2) is 11.5 Å². The minimum Gasteiger partial charge on any atom is -0.472 e. The third-order valence-corrected chi connectivity index (χ3v) is 3.91. The number of nitrogens with one attached hydrogen (secondary N) is 1. The highest BCUT2D eigenvalue weighted by Gasteiger charge is 2.17. The molecule has 0 aromatic carbocycles. The molecule has 0 saturated carbocycles. The largest absolute Gasteiger partial charge is 0.472 e. The number of aromatic nitrogens is 1. The molecule has 1 N–H and O–H groups in total. The predicted octanol–water partition coefficient (Wildman–Crippen LogP) is 3.25. The lowest BCUT2D eigenvalue weighted by molar-refractivity contribution is 0.538. The Morgan fingerprint density at radius 1 is 1.47 bits per heavy atom. The van der Waals surface area contributed by atoms with E-state index in [1.807, 2.05) is 12.3 Å². The lowest BCUT2D eigenvalue weighted by Gasteiger charge is -2.16. The highest BCUT2D eigenvalue weighted by atomic mass is 32.1. The van der Waals surface area contributed by atoms with Crippen LogP contribution < -0.4 is 5.32 Å². The SMILES string of the molecule is CCNC(Cc1ccoc1)c1sc(C)nc1C. The molecule has 0 aliphatic heterocycles. The normalized spacial score (nSPS) is 12.9. The Labute approximate surface area is 106 Å². The third kappa shape index (κ3) is 2.96. The van der Waals surface area contributed by atoms with Crippen molar-refractivity contribution >= 4 is 11.3 Å². The Morgan fingerprint density at radius 2 is 2.29 bits per heavy atom. The zero-order chi connectivity index (χ0) is 12.3.